The Morgan fingerprint density at radius 3 is 2.50 bits per heavy atom. The van der Waals surface area contributed by atoms with Crippen LogP contribution in [0.1, 0.15) is 25.5 Å². The Labute approximate surface area is 111 Å². The number of fused-ring (bicyclic) bond motifs is 1. The van der Waals surface area contributed by atoms with E-state index in [1.54, 1.807) is 11.3 Å². The number of aromatic nitrogens is 1. The van der Waals surface area contributed by atoms with E-state index in [-0.39, 0.29) is 0 Å². The van der Waals surface area contributed by atoms with Gasteiger partial charge in [0.1, 0.15) is 5.01 Å². The number of hydrogen-bond donors (Lipinski definition) is 0. The number of hydrogen-bond acceptors (Lipinski definition) is 2. The first-order valence-electron chi connectivity index (χ1n) is 6.18. The molecule has 90 valence electrons. The van der Waals surface area contributed by atoms with Crippen LogP contribution in [0.3, 0.4) is 0 Å². The Bertz CT molecular complexity index is 682. The summed E-state index contributed by atoms with van der Waals surface area (Å²) < 4.78 is 0. The van der Waals surface area contributed by atoms with E-state index >= 15 is 0 Å². The van der Waals surface area contributed by atoms with Gasteiger partial charge < -0.3 is 0 Å². The fraction of sp³-hybridized carbons (Fsp3) is 0.188. The molecule has 0 radical (unpaired) electrons. The molecule has 18 heavy (non-hydrogen) atoms. The molecule has 0 atom stereocenters. The molecule has 0 saturated heterocycles. The van der Waals surface area contributed by atoms with Crippen molar-refractivity contribution in [2.24, 2.45) is 0 Å². The van der Waals surface area contributed by atoms with Crippen molar-refractivity contribution in [2.75, 3.05) is 0 Å². The molecule has 0 N–H and O–H groups in total. The van der Waals surface area contributed by atoms with Crippen LogP contribution in [0, 0.1) is 0 Å². The highest BCUT2D eigenvalue weighted by atomic mass is 32.1. The summed E-state index contributed by atoms with van der Waals surface area (Å²) in [7, 11) is 0. The minimum atomic E-state index is 0.496. The van der Waals surface area contributed by atoms with Crippen LogP contribution in [-0.2, 0) is 0 Å². The fourth-order valence-electron chi connectivity index (χ4n) is 2.01. The van der Waals surface area contributed by atoms with E-state index in [0.29, 0.717) is 5.92 Å². The largest absolute Gasteiger partial charge is 0.241 e. The van der Waals surface area contributed by atoms with Crippen molar-refractivity contribution in [3.63, 3.8) is 0 Å². The molecule has 0 fully saturated rings. The molecule has 0 aliphatic rings. The van der Waals surface area contributed by atoms with Crippen LogP contribution < -0.4 is 0 Å². The first-order chi connectivity index (χ1) is 8.74. The molecule has 0 aliphatic carbocycles. The SMILES string of the molecule is CC(C)c1csc(-c2ccc3ccccc3c2)n1. The van der Waals surface area contributed by atoms with Crippen LogP contribution in [0.4, 0.5) is 0 Å². The first-order valence-corrected chi connectivity index (χ1v) is 7.06. The second-order valence-electron chi connectivity index (χ2n) is 4.79. The molecule has 1 nitrogen and oxygen atoms in total. The molecule has 0 unspecified atom stereocenters. The summed E-state index contributed by atoms with van der Waals surface area (Å²) in [5, 5.41) is 5.83. The lowest BCUT2D eigenvalue weighted by Crippen LogP contribution is -1.86. The molecule has 1 aromatic heterocycles. The molecule has 0 spiro atoms. The number of rotatable bonds is 2. The van der Waals surface area contributed by atoms with E-state index < -0.39 is 0 Å². The monoisotopic (exact) mass is 253 g/mol. The number of benzene rings is 2. The molecule has 0 aliphatic heterocycles. The molecule has 0 bridgehead atoms. The normalized spacial score (nSPS) is 11.3. The standard InChI is InChI=1S/C16H15NS/c1-11(2)15-10-18-16(17-15)14-8-7-12-5-3-4-6-13(12)9-14/h3-11H,1-2H3. The fourth-order valence-corrected chi connectivity index (χ4v) is 2.98. The van der Waals surface area contributed by atoms with Gasteiger partial charge in [-0.15, -0.1) is 11.3 Å². The lowest BCUT2D eigenvalue weighted by molar-refractivity contribution is 0.834. The van der Waals surface area contributed by atoms with Crippen LogP contribution >= 0.6 is 11.3 Å². The maximum Gasteiger partial charge on any atom is 0.123 e. The molecule has 2 heteroatoms. The summed E-state index contributed by atoms with van der Waals surface area (Å²) in [6, 6.07) is 15.0. The van der Waals surface area contributed by atoms with Gasteiger partial charge in [0.2, 0.25) is 0 Å². The lowest BCUT2D eigenvalue weighted by atomic mass is 10.1. The van der Waals surface area contributed by atoms with Crippen molar-refractivity contribution in [2.45, 2.75) is 19.8 Å². The molecule has 3 rings (SSSR count). The second-order valence-corrected chi connectivity index (χ2v) is 5.65. The average Bonchev–Trinajstić information content (AvgIpc) is 2.88. The van der Waals surface area contributed by atoms with Crippen molar-refractivity contribution in [1.82, 2.24) is 4.98 Å². The maximum absolute atomic E-state index is 4.71. The lowest BCUT2D eigenvalue weighted by Gasteiger charge is -2.01. The van der Waals surface area contributed by atoms with E-state index in [0.717, 1.165) is 5.01 Å². The third-order valence-electron chi connectivity index (χ3n) is 3.11. The Hall–Kier alpha value is -1.67. The van der Waals surface area contributed by atoms with E-state index in [1.807, 2.05) is 0 Å². The Morgan fingerprint density at radius 2 is 1.78 bits per heavy atom. The minimum absolute atomic E-state index is 0.496. The predicted octanol–water partition coefficient (Wildman–Crippen LogP) is 5.09. The highest BCUT2D eigenvalue weighted by Gasteiger charge is 2.07. The van der Waals surface area contributed by atoms with Crippen LogP contribution in [0.5, 0.6) is 0 Å². The molecular formula is C16H15NS. The molecule has 1 heterocycles. The summed E-state index contributed by atoms with van der Waals surface area (Å²) in [6.45, 7) is 4.36. The van der Waals surface area contributed by atoms with Crippen molar-refractivity contribution in [3.05, 3.63) is 53.5 Å². The van der Waals surface area contributed by atoms with Crippen LogP contribution in [0.25, 0.3) is 21.3 Å². The van der Waals surface area contributed by atoms with Crippen molar-refractivity contribution in [1.29, 1.82) is 0 Å². The summed E-state index contributed by atoms with van der Waals surface area (Å²) in [5.41, 5.74) is 2.40. The molecule has 0 amide bonds. The Balaban J connectivity index is 2.07. The molecule has 2 aromatic carbocycles. The zero-order chi connectivity index (χ0) is 12.5. The van der Waals surface area contributed by atoms with E-state index in [9.17, 15) is 0 Å². The van der Waals surface area contributed by atoms with Crippen LogP contribution in [0.2, 0.25) is 0 Å². The zero-order valence-corrected chi connectivity index (χ0v) is 11.4. The summed E-state index contributed by atoms with van der Waals surface area (Å²) in [4.78, 5) is 4.71. The quantitative estimate of drug-likeness (QED) is 0.620. The van der Waals surface area contributed by atoms with E-state index in [4.69, 9.17) is 4.98 Å². The highest BCUT2D eigenvalue weighted by Crippen LogP contribution is 2.29. The maximum atomic E-state index is 4.71. The van der Waals surface area contributed by atoms with Gasteiger partial charge in [-0.1, -0.05) is 50.2 Å². The third kappa shape index (κ3) is 2.04. The molecular weight excluding hydrogens is 238 g/mol. The van der Waals surface area contributed by atoms with Crippen molar-refractivity contribution < 1.29 is 0 Å². The van der Waals surface area contributed by atoms with Gasteiger partial charge in [0, 0.05) is 10.9 Å². The van der Waals surface area contributed by atoms with Crippen molar-refractivity contribution >= 4 is 22.1 Å². The topological polar surface area (TPSA) is 12.9 Å². The minimum Gasteiger partial charge on any atom is -0.241 e. The van der Waals surface area contributed by atoms with Crippen LogP contribution in [0.15, 0.2) is 47.8 Å². The summed E-state index contributed by atoms with van der Waals surface area (Å²) >= 11 is 1.73. The van der Waals surface area contributed by atoms with Gasteiger partial charge in [0.25, 0.3) is 0 Å². The zero-order valence-electron chi connectivity index (χ0n) is 10.6. The van der Waals surface area contributed by atoms with Gasteiger partial charge in [-0.2, -0.15) is 0 Å². The number of thiazole rings is 1. The van der Waals surface area contributed by atoms with Gasteiger partial charge in [-0.05, 0) is 22.8 Å². The first kappa shape index (κ1) is 11.4. The van der Waals surface area contributed by atoms with Gasteiger partial charge in [-0.3, -0.25) is 0 Å². The molecule has 3 aromatic rings. The second kappa shape index (κ2) is 4.54. The van der Waals surface area contributed by atoms with Gasteiger partial charge >= 0.3 is 0 Å². The average molecular weight is 253 g/mol. The van der Waals surface area contributed by atoms with Gasteiger partial charge in [0.05, 0.1) is 5.69 Å². The van der Waals surface area contributed by atoms with E-state index in [2.05, 4.69) is 61.7 Å². The van der Waals surface area contributed by atoms with Gasteiger partial charge in [-0.25, -0.2) is 4.98 Å². The Kier molecular flexibility index (Phi) is 2.88. The third-order valence-corrected chi connectivity index (χ3v) is 4.02. The molecule has 0 saturated carbocycles. The Morgan fingerprint density at radius 1 is 1.00 bits per heavy atom. The van der Waals surface area contributed by atoms with Gasteiger partial charge in [0.15, 0.2) is 0 Å². The van der Waals surface area contributed by atoms with E-state index in [1.165, 1.54) is 22.0 Å². The summed E-state index contributed by atoms with van der Waals surface area (Å²) in [5.74, 6) is 0.496. The van der Waals surface area contributed by atoms with Crippen molar-refractivity contribution in [3.8, 4) is 10.6 Å². The highest BCUT2D eigenvalue weighted by molar-refractivity contribution is 7.13. The summed E-state index contributed by atoms with van der Waals surface area (Å²) in [6.07, 6.45) is 0. The smallest absolute Gasteiger partial charge is 0.123 e. The predicted molar refractivity (Wildman–Crippen MR) is 79.1 cm³/mol. The van der Waals surface area contributed by atoms with Crippen LogP contribution in [-0.4, -0.2) is 4.98 Å². The number of nitrogens with zero attached hydrogens (tertiary/aromatic N) is 1.